The van der Waals surface area contributed by atoms with E-state index in [1.807, 2.05) is 0 Å². The van der Waals surface area contributed by atoms with E-state index in [0.717, 1.165) is 18.2 Å². The lowest BCUT2D eigenvalue weighted by Crippen LogP contribution is -2.49. The predicted octanol–water partition coefficient (Wildman–Crippen LogP) is -0.553. The van der Waals surface area contributed by atoms with E-state index in [2.05, 4.69) is 5.32 Å². The van der Waals surface area contributed by atoms with E-state index in [1.54, 1.807) is 0 Å². The first-order valence-corrected chi connectivity index (χ1v) is 8.82. The summed E-state index contributed by atoms with van der Waals surface area (Å²) < 4.78 is 0. The van der Waals surface area contributed by atoms with Gasteiger partial charge in [-0.3, -0.25) is 9.59 Å². The molecule has 0 bridgehead atoms. The number of rotatable bonds is 13. The fourth-order valence-electron chi connectivity index (χ4n) is 2.96. The molecule has 0 spiro atoms. The zero-order valence-corrected chi connectivity index (χ0v) is 16.0. The minimum absolute atomic E-state index is 0.0119. The number of hydrogen-bond donors (Lipinski definition) is 8. The van der Waals surface area contributed by atoms with Crippen molar-refractivity contribution in [1.29, 1.82) is 0 Å². The van der Waals surface area contributed by atoms with Gasteiger partial charge in [-0.2, -0.15) is 0 Å². The Morgan fingerprint density at radius 1 is 1.00 bits per heavy atom. The van der Waals surface area contributed by atoms with Crippen molar-refractivity contribution in [3.63, 3.8) is 0 Å². The van der Waals surface area contributed by atoms with Crippen LogP contribution in [-0.4, -0.2) is 78.7 Å². The highest BCUT2D eigenvalue weighted by Gasteiger charge is 2.52. The number of carbonyl (C=O) groups is 5. The lowest BCUT2D eigenvalue weighted by Gasteiger charge is -2.30. The van der Waals surface area contributed by atoms with E-state index in [1.165, 1.54) is 0 Å². The smallest absolute Gasteiger partial charge is 0.337 e. The van der Waals surface area contributed by atoms with Gasteiger partial charge in [0.2, 0.25) is 0 Å². The average Bonchev–Trinajstić information content (AvgIpc) is 2.64. The Morgan fingerprint density at radius 3 is 2.03 bits per heavy atom. The van der Waals surface area contributed by atoms with Crippen LogP contribution in [0.25, 0.3) is 0 Å². The zero-order valence-electron chi connectivity index (χ0n) is 16.0. The second-order valence-electron chi connectivity index (χ2n) is 6.64. The van der Waals surface area contributed by atoms with Gasteiger partial charge in [-0.1, -0.05) is 0 Å². The van der Waals surface area contributed by atoms with E-state index in [4.69, 9.17) is 10.8 Å². The number of nitrogens with one attached hydrogen (secondary N) is 1. The van der Waals surface area contributed by atoms with Crippen molar-refractivity contribution in [3.8, 4) is 0 Å². The van der Waals surface area contributed by atoms with E-state index in [0.29, 0.717) is 0 Å². The molecule has 0 amide bonds. The van der Waals surface area contributed by atoms with Gasteiger partial charge in [0.25, 0.3) is 0 Å². The number of benzene rings is 1. The van der Waals surface area contributed by atoms with Crippen LogP contribution in [0.5, 0.6) is 0 Å². The number of hydrogen-bond acceptors (Lipinski definition) is 8. The summed E-state index contributed by atoms with van der Waals surface area (Å²) in [5, 5.41) is 59.6. The molecule has 0 heterocycles. The summed E-state index contributed by atoms with van der Waals surface area (Å²) >= 11 is 0. The lowest BCUT2D eigenvalue weighted by molar-refractivity contribution is -0.173. The van der Waals surface area contributed by atoms with Crippen molar-refractivity contribution in [2.75, 3.05) is 11.9 Å². The van der Waals surface area contributed by atoms with Gasteiger partial charge in [0.1, 0.15) is 12.0 Å². The van der Waals surface area contributed by atoms with Crippen LogP contribution in [0.1, 0.15) is 41.1 Å². The number of carboxylic acid groups (broad SMARTS) is 5. The topological polar surface area (TPSA) is 245 Å². The minimum Gasteiger partial charge on any atom is -0.481 e. The molecule has 0 aliphatic carbocycles. The van der Waals surface area contributed by atoms with Crippen LogP contribution in [-0.2, 0) is 19.2 Å². The van der Waals surface area contributed by atoms with Gasteiger partial charge in [0, 0.05) is 5.69 Å². The van der Waals surface area contributed by atoms with E-state index in [9.17, 15) is 49.5 Å². The monoisotopic (exact) mass is 442 g/mol. The van der Waals surface area contributed by atoms with Crippen molar-refractivity contribution < 1.29 is 54.6 Å². The van der Waals surface area contributed by atoms with Gasteiger partial charge in [-0.25, -0.2) is 14.4 Å². The number of nitrogens with two attached hydrogens (primary N) is 1. The van der Waals surface area contributed by atoms with E-state index >= 15 is 0 Å². The first kappa shape index (κ1) is 25.3. The zero-order chi connectivity index (χ0) is 23.9. The predicted molar refractivity (Wildman–Crippen MR) is 102 cm³/mol. The van der Waals surface area contributed by atoms with Gasteiger partial charge < -0.3 is 41.7 Å². The molecule has 1 aromatic rings. The molecule has 0 aliphatic heterocycles. The third-order valence-electron chi connectivity index (χ3n) is 4.45. The van der Waals surface area contributed by atoms with Crippen molar-refractivity contribution in [2.24, 2.45) is 5.73 Å². The second-order valence-corrected chi connectivity index (χ2v) is 6.64. The van der Waals surface area contributed by atoms with Crippen LogP contribution in [0.3, 0.4) is 0 Å². The number of aromatic carboxylic acids is 1. The van der Waals surface area contributed by atoms with Crippen molar-refractivity contribution in [3.05, 3.63) is 29.3 Å². The molecule has 0 aromatic heterocycles. The Hall–Kier alpha value is -3.71. The molecule has 170 valence electrons. The molecule has 13 heteroatoms. The fraction of sp³-hybridized carbons (Fsp3) is 0.389. The molecule has 0 fully saturated rings. The minimum atomic E-state index is -3.37. The van der Waals surface area contributed by atoms with Crippen LogP contribution in [0.15, 0.2) is 18.2 Å². The maximum atomic E-state index is 11.9. The van der Waals surface area contributed by atoms with Crippen molar-refractivity contribution in [2.45, 2.75) is 36.8 Å². The SMILES string of the molecule is NCCC[C@H](Nc1ccc(C(=O)O)cc1C(C(=O)O)C(O)(CC(=O)O)C(=O)O)C(=O)O. The third kappa shape index (κ3) is 6.13. The molecule has 1 rings (SSSR count). The summed E-state index contributed by atoms with van der Waals surface area (Å²) in [7, 11) is 0. The molecular weight excluding hydrogens is 420 g/mol. The largest absolute Gasteiger partial charge is 0.481 e. The number of aliphatic hydroxyl groups is 1. The first-order valence-electron chi connectivity index (χ1n) is 8.82. The maximum absolute atomic E-state index is 11.9. The van der Waals surface area contributed by atoms with Gasteiger partial charge in [0.15, 0.2) is 5.60 Å². The van der Waals surface area contributed by atoms with Crippen LogP contribution >= 0.6 is 0 Å². The number of aliphatic carboxylic acids is 4. The highest BCUT2D eigenvalue weighted by Crippen LogP contribution is 2.37. The van der Waals surface area contributed by atoms with Crippen LogP contribution in [0.4, 0.5) is 5.69 Å². The Kier molecular flexibility index (Phi) is 8.46. The Labute approximate surface area is 174 Å². The van der Waals surface area contributed by atoms with Crippen LogP contribution in [0, 0.1) is 0 Å². The molecule has 2 unspecified atom stereocenters. The molecule has 1 aromatic carbocycles. The quantitative estimate of drug-likeness (QED) is 0.191. The lowest BCUT2D eigenvalue weighted by atomic mass is 9.78. The van der Waals surface area contributed by atoms with Gasteiger partial charge in [-0.15, -0.1) is 0 Å². The Bertz CT molecular complexity index is 885. The number of anilines is 1. The molecule has 0 aliphatic rings. The molecule has 13 nitrogen and oxygen atoms in total. The van der Waals surface area contributed by atoms with Gasteiger partial charge in [0.05, 0.1) is 12.0 Å². The van der Waals surface area contributed by atoms with Crippen LogP contribution in [0.2, 0.25) is 0 Å². The average molecular weight is 442 g/mol. The summed E-state index contributed by atoms with van der Waals surface area (Å²) in [5.74, 6) is -11.3. The van der Waals surface area contributed by atoms with Gasteiger partial charge in [-0.05, 0) is 43.1 Å². The fourth-order valence-corrected chi connectivity index (χ4v) is 2.96. The third-order valence-corrected chi connectivity index (χ3v) is 4.45. The Morgan fingerprint density at radius 2 is 1.61 bits per heavy atom. The standard InChI is InChI=1S/C18H22N2O11/c19-5-1-2-11(15(25)26)20-10-4-3-8(14(23)24)6-9(10)13(16(27)28)18(31,17(29)30)7-12(21)22/h3-4,6,11,13,20,31H,1-2,5,7,19H2,(H,21,22)(H,23,24)(H,25,26)(H,27,28)(H,29,30)/t11-,13?,18?/m0/s1. The molecule has 0 saturated heterocycles. The van der Waals surface area contributed by atoms with E-state index < -0.39 is 65.0 Å². The molecule has 0 saturated carbocycles. The summed E-state index contributed by atoms with van der Waals surface area (Å²) in [6.45, 7) is 0.144. The van der Waals surface area contributed by atoms with Crippen LogP contribution < -0.4 is 11.1 Å². The summed E-state index contributed by atoms with van der Waals surface area (Å²) in [6.07, 6.45) is -1.28. The summed E-state index contributed by atoms with van der Waals surface area (Å²) in [6, 6.07) is 1.44. The van der Waals surface area contributed by atoms with E-state index in [-0.39, 0.29) is 25.1 Å². The highest BCUT2D eigenvalue weighted by atomic mass is 16.4. The summed E-state index contributed by atoms with van der Waals surface area (Å²) in [4.78, 5) is 57.6. The highest BCUT2D eigenvalue weighted by molar-refractivity contribution is 5.95. The van der Waals surface area contributed by atoms with Crippen molar-refractivity contribution >= 4 is 35.5 Å². The molecule has 9 N–H and O–H groups in total. The molecule has 0 radical (unpaired) electrons. The van der Waals surface area contributed by atoms with Gasteiger partial charge >= 0.3 is 29.8 Å². The van der Waals surface area contributed by atoms with Crippen molar-refractivity contribution in [1.82, 2.24) is 0 Å². The number of carboxylic acids is 5. The molecular formula is C18H22N2O11. The Balaban J connectivity index is 3.72. The maximum Gasteiger partial charge on any atom is 0.337 e. The second kappa shape index (κ2) is 10.4. The molecule has 3 atom stereocenters. The normalized spacial score (nSPS) is 14.6. The summed E-state index contributed by atoms with van der Waals surface area (Å²) in [5.41, 5.74) is 0.578. The first-order chi connectivity index (χ1) is 14.3. The molecule has 31 heavy (non-hydrogen) atoms.